The fraction of sp³-hybridized carbons (Fsp3) is 0.750. The topological polar surface area (TPSA) is 29.9 Å². The summed E-state index contributed by atoms with van der Waals surface area (Å²) in [4.78, 5) is 4.38. The van der Waals surface area contributed by atoms with Gasteiger partial charge in [-0.05, 0) is 18.3 Å². The second-order valence-electron chi connectivity index (χ2n) is 5.16. The highest BCUT2D eigenvalue weighted by molar-refractivity contribution is 5.03. The molecule has 15 heavy (non-hydrogen) atoms. The van der Waals surface area contributed by atoms with Gasteiger partial charge in [0.15, 0.2) is 0 Å². The minimum Gasteiger partial charge on any atom is -0.334 e. The lowest BCUT2D eigenvalue weighted by atomic mass is 10.2. The van der Waals surface area contributed by atoms with Gasteiger partial charge in [-0.25, -0.2) is 4.98 Å². The molecule has 1 heterocycles. The van der Waals surface area contributed by atoms with Crippen LogP contribution < -0.4 is 5.32 Å². The molecule has 1 atom stereocenters. The Bertz CT molecular complexity index is 327. The van der Waals surface area contributed by atoms with E-state index in [1.165, 1.54) is 12.2 Å². The monoisotopic (exact) mass is 207 g/mol. The van der Waals surface area contributed by atoms with E-state index in [9.17, 15) is 0 Å². The van der Waals surface area contributed by atoms with Crippen LogP contribution in [0.3, 0.4) is 0 Å². The third kappa shape index (κ3) is 2.40. The van der Waals surface area contributed by atoms with Crippen molar-refractivity contribution in [3.63, 3.8) is 0 Å². The summed E-state index contributed by atoms with van der Waals surface area (Å²) in [6, 6.07) is 0.685. The number of nitrogens with zero attached hydrogens (tertiary/aromatic N) is 2. The minimum atomic E-state index is 0.502. The van der Waals surface area contributed by atoms with Crippen LogP contribution in [0.4, 0.5) is 0 Å². The largest absolute Gasteiger partial charge is 0.334 e. The molecule has 1 unspecified atom stereocenters. The van der Waals surface area contributed by atoms with Gasteiger partial charge in [-0.2, -0.15) is 0 Å². The van der Waals surface area contributed by atoms with Crippen LogP contribution in [0, 0.1) is 5.41 Å². The van der Waals surface area contributed by atoms with E-state index in [4.69, 9.17) is 0 Å². The number of hydrogen-bond acceptors (Lipinski definition) is 2. The van der Waals surface area contributed by atoms with Crippen LogP contribution in [-0.4, -0.2) is 15.6 Å². The van der Waals surface area contributed by atoms with Crippen LogP contribution >= 0.6 is 0 Å². The van der Waals surface area contributed by atoms with Gasteiger partial charge in [0, 0.05) is 25.0 Å². The lowest BCUT2D eigenvalue weighted by Crippen LogP contribution is -2.22. The third-order valence-electron chi connectivity index (χ3n) is 3.29. The summed E-state index contributed by atoms with van der Waals surface area (Å²) in [7, 11) is 0. The number of hydrogen-bond donors (Lipinski definition) is 1. The van der Waals surface area contributed by atoms with E-state index in [1.54, 1.807) is 0 Å². The molecule has 0 bridgehead atoms. The van der Waals surface area contributed by atoms with Crippen LogP contribution in [0.15, 0.2) is 12.4 Å². The van der Waals surface area contributed by atoms with Crippen molar-refractivity contribution in [1.29, 1.82) is 0 Å². The lowest BCUT2D eigenvalue weighted by Gasteiger charge is -2.08. The molecule has 0 aliphatic heterocycles. The van der Waals surface area contributed by atoms with Crippen LogP contribution in [0.2, 0.25) is 0 Å². The van der Waals surface area contributed by atoms with Gasteiger partial charge in [0.2, 0.25) is 0 Å². The van der Waals surface area contributed by atoms with E-state index in [0.29, 0.717) is 11.5 Å². The van der Waals surface area contributed by atoms with Gasteiger partial charge >= 0.3 is 0 Å². The quantitative estimate of drug-likeness (QED) is 0.802. The SMILES string of the molecule is CCCn1ccnc1CNC1CC1(C)C. The predicted molar refractivity (Wildman–Crippen MR) is 61.5 cm³/mol. The normalized spacial score (nSPS) is 23.0. The second kappa shape index (κ2) is 3.97. The molecule has 84 valence electrons. The Morgan fingerprint density at radius 2 is 2.33 bits per heavy atom. The first kappa shape index (κ1) is 10.7. The molecule has 2 rings (SSSR count). The standard InChI is InChI=1S/C12H21N3/c1-4-6-15-7-5-13-11(15)9-14-10-8-12(10,2)3/h5,7,10,14H,4,6,8-9H2,1-3H3. The van der Waals surface area contributed by atoms with E-state index in [-0.39, 0.29) is 0 Å². The summed E-state index contributed by atoms with van der Waals surface area (Å²) in [5, 5.41) is 3.56. The molecule has 0 spiro atoms. The first-order valence-electron chi connectivity index (χ1n) is 5.87. The van der Waals surface area contributed by atoms with Crippen molar-refractivity contribution in [2.45, 2.75) is 52.7 Å². The number of rotatable bonds is 5. The third-order valence-corrected chi connectivity index (χ3v) is 3.29. The molecule has 1 aliphatic rings. The van der Waals surface area contributed by atoms with Gasteiger partial charge in [-0.15, -0.1) is 0 Å². The molecular formula is C12H21N3. The van der Waals surface area contributed by atoms with Crippen LogP contribution in [-0.2, 0) is 13.1 Å². The Labute approximate surface area is 91.9 Å². The van der Waals surface area contributed by atoms with Gasteiger partial charge < -0.3 is 9.88 Å². The highest BCUT2D eigenvalue weighted by Gasteiger charge is 2.45. The average Bonchev–Trinajstić information content (AvgIpc) is 2.61. The van der Waals surface area contributed by atoms with Crippen molar-refractivity contribution in [1.82, 2.24) is 14.9 Å². The molecule has 1 aliphatic carbocycles. The van der Waals surface area contributed by atoms with Crippen LogP contribution in [0.25, 0.3) is 0 Å². The molecule has 1 N–H and O–H groups in total. The van der Waals surface area contributed by atoms with E-state index < -0.39 is 0 Å². The minimum absolute atomic E-state index is 0.502. The fourth-order valence-electron chi connectivity index (χ4n) is 1.98. The Hall–Kier alpha value is -0.830. The van der Waals surface area contributed by atoms with Crippen molar-refractivity contribution < 1.29 is 0 Å². The van der Waals surface area contributed by atoms with E-state index >= 15 is 0 Å². The van der Waals surface area contributed by atoms with E-state index in [2.05, 4.69) is 41.8 Å². The smallest absolute Gasteiger partial charge is 0.122 e. The van der Waals surface area contributed by atoms with Gasteiger partial charge in [-0.3, -0.25) is 0 Å². The summed E-state index contributed by atoms with van der Waals surface area (Å²) in [5.41, 5.74) is 0.502. The molecule has 1 saturated carbocycles. The molecular weight excluding hydrogens is 186 g/mol. The van der Waals surface area contributed by atoms with Gasteiger partial charge in [0.05, 0.1) is 6.54 Å². The highest BCUT2D eigenvalue weighted by atomic mass is 15.1. The summed E-state index contributed by atoms with van der Waals surface area (Å²) < 4.78 is 2.24. The Kier molecular flexibility index (Phi) is 2.83. The molecule has 3 heteroatoms. The van der Waals surface area contributed by atoms with Crippen molar-refractivity contribution in [2.24, 2.45) is 5.41 Å². The molecule has 1 aromatic heterocycles. The molecule has 0 radical (unpaired) electrons. The summed E-state index contributed by atoms with van der Waals surface area (Å²) in [6.07, 6.45) is 6.42. The highest BCUT2D eigenvalue weighted by Crippen LogP contribution is 2.44. The Balaban J connectivity index is 1.85. The summed E-state index contributed by atoms with van der Waals surface area (Å²) in [5.74, 6) is 1.17. The number of imidazole rings is 1. The zero-order valence-electron chi connectivity index (χ0n) is 9.95. The number of nitrogens with one attached hydrogen (secondary N) is 1. The zero-order valence-corrected chi connectivity index (χ0v) is 9.95. The maximum Gasteiger partial charge on any atom is 0.122 e. The predicted octanol–water partition coefficient (Wildman–Crippen LogP) is 2.18. The maximum absolute atomic E-state index is 4.38. The van der Waals surface area contributed by atoms with Crippen molar-refractivity contribution in [2.75, 3.05) is 0 Å². The van der Waals surface area contributed by atoms with Crippen LogP contribution in [0.5, 0.6) is 0 Å². The number of aromatic nitrogens is 2. The van der Waals surface area contributed by atoms with Gasteiger partial charge in [0.1, 0.15) is 5.82 Å². The lowest BCUT2D eigenvalue weighted by molar-refractivity contribution is 0.520. The van der Waals surface area contributed by atoms with Crippen LogP contribution in [0.1, 0.15) is 39.4 Å². The first-order chi connectivity index (χ1) is 7.13. The molecule has 1 fully saturated rings. The average molecular weight is 207 g/mol. The Morgan fingerprint density at radius 1 is 1.60 bits per heavy atom. The van der Waals surface area contributed by atoms with E-state index in [1.807, 2.05) is 6.20 Å². The van der Waals surface area contributed by atoms with E-state index in [0.717, 1.165) is 19.5 Å². The maximum atomic E-state index is 4.38. The summed E-state index contributed by atoms with van der Waals surface area (Å²) >= 11 is 0. The number of aryl methyl sites for hydroxylation is 1. The molecule has 1 aromatic rings. The fourth-order valence-corrected chi connectivity index (χ4v) is 1.98. The van der Waals surface area contributed by atoms with Gasteiger partial charge in [0.25, 0.3) is 0 Å². The molecule has 0 amide bonds. The first-order valence-corrected chi connectivity index (χ1v) is 5.87. The van der Waals surface area contributed by atoms with Gasteiger partial charge in [-0.1, -0.05) is 20.8 Å². The van der Waals surface area contributed by atoms with Crippen molar-refractivity contribution in [3.05, 3.63) is 18.2 Å². The van der Waals surface area contributed by atoms with Crippen molar-refractivity contribution in [3.8, 4) is 0 Å². The summed E-state index contributed by atoms with van der Waals surface area (Å²) in [6.45, 7) is 8.79. The van der Waals surface area contributed by atoms with Crippen molar-refractivity contribution >= 4 is 0 Å². The molecule has 0 aromatic carbocycles. The second-order valence-corrected chi connectivity index (χ2v) is 5.16. The molecule has 3 nitrogen and oxygen atoms in total. The Morgan fingerprint density at radius 3 is 2.93 bits per heavy atom. The molecule has 0 saturated heterocycles. The zero-order chi connectivity index (χ0) is 10.9.